The topological polar surface area (TPSA) is 94.2 Å². The number of rotatable bonds is 3. The Labute approximate surface area is 278 Å². The molecule has 2 aliphatic carbocycles. The minimum absolute atomic E-state index is 0.181. The molecule has 1 saturated carbocycles. The quantitative estimate of drug-likeness (QED) is 0.383. The maximum atomic E-state index is 13.5. The smallest absolute Gasteiger partial charge is 0.264 e. The van der Waals surface area contributed by atoms with Crippen LogP contribution in [0.4, 0.5) is 5.69 Å². The highest BCUT2D eigenvalue weighted by molar-refractivity contribution is 7.90. The molecule has 2 bridgehead atoms. The van der Waals surface area contributed by atoms with Crippen LogP contribution in [0, 0.1) is 17.8 Å². The Bertz CT molecular complexity index is 1610. The monoisotopic (exact) mass is 670 g/mol. The lowest BCUT2D eigenvalue weighted by atomic mass is 9.62. The molecule has 6 rings (SSSR count). The number of ether oxygens (including phenoxy) is 3. The lowest BCUT2D eigenvalue weighted by molar-refractivity contribution is -0.146. The molecule has 0 aromatic heterocycles. The van der Waals surface area contributed by atoms with Crippen molar-refractivity contribution in [2.75, 3.05) is 38.8 Å². The Morgan fingerprint density at radius 1 is 1.13 bits per heavy atom. The highest BCUT2D eigenvalue weighted by atomic mass is 35.5. The molecule has 10 heteroatoms. The van der Waals surface area contributed by atoms with Crippen molar-refractivity contribution in [3.63, 3.8) is 0 Å². The normalized spacial score (nSPS) is 33.8. The van der Waals surface area contributed by atoms with Crippen LogP contribution in [0.5, 0.6) is 5.75 Å². The summed E-state index contributed by atoms with van der Waals surface area (Å²) in [6.45, 7) is 7.53. The fourth-order valence-corrected chi connectivity index (χ4v) is 9.78. The Kier molecular flexibility index (Phi) is 9.26. The first-order valence-corrected chi connectivity index (χ1v) is 18.5. The summed E-state index contributed by atoms with van der Waals surface area (Å²) in [5.41, 5.74) is 2.67. The third kappa shape index (κ3) is 5.86. The molecule has 7 atom stereocenters. The van der Waals surface area contributed by atoms with Gasteiger partial charge in [-0.25, -0.2) is 13.1 Å². The van der Waals surface area contributed by atoms with Crippen molar-refractivity contribution in [1.82, 2.24) is 4.72 Å². The van der Waals surface area contributed by atoms with E-state index < -0.39 is 26.8 Å². The van der Waals surface area contributed by atoms with E-state index >= 15 is 0 Å². The lowest BCUT2D eigenvalue weighted by Crippen LogP contribution is -2.57. The van der Waals surface area contributed by atoms with Crippen LogP contribution in [0.15, 0.2) is 48.6 Å². The van der Waals surface area contributed by atoms with Gasteiger partial charge in [-0.2, -0.15) is 0 Å². The van der Waals surface area contributed by atoms with Crippen LogP contribution in [-0.4, -0.2) is 65.2 Å². The molecule has 1 fully saturated rings. The average Bonchev–Trinajstić information content (AvgIpc) is 3.17. The van der Waals surface area contributed by atoms with E-state index in [4.69, 9.17) is 25.8 Å². The fraction of sp³-hybridized carbons (Fsp3) is 0.583. The summed E-state index contributed by atoms with van der Waals surface area (Å²) >= 11 is 6.44. The number of allylic oxidation sites excluding steroid dienone is 1. The second-order valence-corrected chi connectivity index (χ2v) is 16.4. The standard InChI is InChI=1S/C36H47ClN2O6S/c1-23-8-6-17-36(44-5,25(3)43-4)31-13-10-28(31)20-39-21-35(16-7-9-26-18-29(37)12-14-30(26)35)22-45-33-15-11-27(19-32(33)39)34(40)38-46(41,42)24(23)2/h6,11-12,14-15,17-19,23-25,28,31H,7-10,13,16,20-22H2,1-5H3,(H,38,40)/b17-6+/t23-,24+,25+,28-,31+,35-,36+/m0/s1. The number of hydrogen-bond acceptors (Lipinski definition) is 7. The van der Waals surface area contributed by atoms with E-state index in [-0.39, 0.29) is 23.4 Å². The summed E-state index contributed by atoms with van der Waals surface area (Å²) in [5.74, 6) is 0.301. The van der Waals surface area contributed by atoms with Crippen LogP contribution in [0.2, 0.25) is 5.02 Å². The number of aryl methyl sites for hydroxylation is 1. The number of methoxy groups -OCH3 is 2. The summed E-state index contributed by atoms with van der Waals surface area (Å²) < 4.78 is 48.1. The molecule has 1 N–H and O–H groups in total. The first kappa shape index (κ1) is 33.3. The van der Waals surface area contributed by atoms with Crippen LogP contribution in [-0.2, 0) is 31.3 Å². The van der Waals surface area contributed by atoms with Gasteiger partial charge in [0.2, 0.25) is 10.0 Å². The summed E-state index contributed by atoms with van der Waals surface area (Å²) in [7, 11) is -0.481. The molecule has 4 aliphatic rings. The van der Waals surface area contributed by atoms with E-state index in [0.717, 1.165) is 49.4 Å². The summed E-state index contributed by atoms with van der Waals surface area (Å²) in [6.07, 6.45) is 9.44. The molecule has 250 valence electrons. The van der Waals surface area contributed by atoms with Gasteiger partial charge in [0.15, 0.2) is 0 Å². The fourth-order valence-electron chi connectivity index (χ4n) is 8.30. The number of sulfonamides is 1. The predicted octanol–water partition coefficient (Wildman–Crippen LogP) is 6.30. The van der Waals surface area contributed by atoms with Gasteiger partial charge in [-0.15, -0.1) is 0 Å². The summed E-state index contributed by atoms with van der Waals surface area (Å²) in [4.78, 5) is 15.9. The van der Waals surface area contributed by atoms with Crippen molar-refractivity contribution in [2.45, 2.75) is 81.7 Å². The van der Waals surface area contributed by atoms with E-state index in [1.807, 2.05) is 32.1 Å². The SMILES string of the molecule is CO[C@H](C)[C@]1(OC)/C=C/C[C@H](C)[C@@H](C)S(=O)(=O)NC(=O)c2ccc3c(c2)N(C[C@@H]2CC[C@H]21)C[C@@]1(CCCc2cc(Cl)ccc21)CO3. The second kappa shape index (κ2) is 12.8. The van der Waals surface area contributed by atoms with Crippen molar-refractivity contribution in [3.8, 4) is 5.75 Å². The number of carbonyl (C=O) groups excluding carboxylic acids is 1. The van der Waals surface area contributed by atoms with Crippen LogP contribution in [0.3, 0.4) is 0 Å². The van der Waals surface area contributed by atoms with Crippen molar-refractivity contribution in [2.24, 2.45) is 17.8 Å². The van der Waals surface area contributed by atoms with Gasteiger partial charge < -0.3 is 19.1 Å². The van der Waals surface area contributed by atoms with Gasteiger partial charge in [-0.05, 0) is 112 Å². The zero-order chi connectivity index (χ0) is 32.9. The molecule has 1 spiro atoms. The number of fused-ring (bicyclic) bond motifs is 4. The molecule has 46 heavy (non-hydrogen) atoms. The molecule has 0 saturated heterocycles. The maximum absolute atomic E-state index is 13.5. The number of carbonyl (C=O) groups is 1. The molecule has 0 radical (unpaired) electrons. The average molecular weight is 671 g/mol. The van der Waals surface area contributed by atoms with Crippen LogP contribution >= 0.6 is 11.6 Å². The van der Waals surface area contributed by atoms with E-state index in [0.29, 0.717) is 36.8 Å². The first-order chi connectivity index (χ1) is 21.9. The minimum atomic E-state index is -3.95. The van der Waals surface area contributed by atoms with Crippen LogP contribution < -0.4 is 14.4 Å². The Balaban J connectivity index is 1.47. The summed E-state index contributed by atoms with van der Waals surface area (Å²) in [5, 5.41) is -0.0517. The van der Waals surface area contributed by atoms with Gasteiger partial charge in [-0.1, -0.05) is 36.7 Å². The molecule has 2 aliphatic heterocycles. The zero-order valence-electron chi connectivity index (χ0n) is 27.6. The first-order valence-electron chi connectivity index (χ1n) is 16.6. The lowest BCUT2D eigenvalue weighted by Gasteiger charge is -2.52. The van der Waals surface area contributed by atoms with Crippen LogP contribution in [0.1, 0.15) is 74.4 Å². The molecule has 2 aromatic rings. The summed E-state index contributed by atoms with van der Waals surface area (Å²) in [6, 6.07) is 11.5. The molecular weight excluding hydrogens is 624 g/mol. The van der Waals surface area contributed by atoms with Gasteiger partial charge >= 0.3 is 0 Å². The molecular formula is C36H47ClN2O6S. The number of nitrogens with zero attached hydrogens (tertiary/aromatic N) is 1. The van der Waals surface area contributed by atoms with Gasteiger partial charge in [0.25, 0.3) is 5.91 Å². The second-order valence-electron chi connectivity index (χ2n) is 14.0. The molecule has 2 heterocycles. The number of benzene rings is 2. The predicted molar refractivity (Wildman–Crippen MR) is 181 cm³/mol. The van der Waals surface area contributed by atoms with Crippen molar-refractivity contribution in [1.29, 1.82) is 0 Å². The van der Waals surface area contributed by atoms with E-state index in [9.17, 15) is 13.2 Å². The highest BCUT2D eigenvalue weighted by Gasteiger charge is 2.51. The Hall–Kier alpha value is -2.59. The third-order valence-electron chi connectivity index (χ3n) is 11.5. The largest absolute Gasteiger partial charge is 0.490 e. The Morgan fingerprint density at radius 2 is 1.93 bits per heavy atom. The highest BCUT2D eigenvalue weighted by Crippen LogP contribution is 2.50. The van der Waals surface area contributed by atoms with E-state index in [2.05, 4.69) is 27.8 Å². The number of halogens is 1. The molecule has 8 nitrogen and oxygen atoms in total. The van der Waals surface area contributed by atoms with Gasteiger partial charge in [0.05, 0.1) is 23.6 Å². The number of nitrogens with one attached hydrogen (secondary N) is 1. The molecule has 0 unspecified atom stereocenters. The van der Waals surface area contributed by atoms with Crippen LogP contribution in [0.25, 0.3) is 0 Å². The zero-order valence-corrected chi connectivity index (χ0v) is 29.1. The Morgan fingerprint density at radius 3 is 2.65 bits per heavy atom. The van der Waals surface area contributed by atoms with Crippen molar-refractivity contribution >= 4 is 33.2 Å². The third-order valence-corrected chi connectivity index (χ3v) is 13.7. The van der Waals surface area contributed by atoms with E-state index in [1.165, 1.54) is 11.1 Å². The van der Waals surface area contributed by atoms with Gasteiger partial charge in [0, 0.05) is 43.3 Å². The van der Waals surface area contributed by atoms with Gasteiger partial charge in [-0.3, -0.25) is 4.79 Å². The molecule has 2 aromatic carbocycles. The van der Waals surface area contributed by atoms with Gasteiger partial charge in [0.1, 0.15) is 11.4 Å². The van der Waals surface area contributed by atoms with Crippen molar-refractivity contribution in [3.05, 3.63) is 70.3 Å². The number of anilines is 1. The maximum Gasteiger partial charge on any atom is 0.264 e. The molecule has 1 amide bonds. The number of amides is 1. The number of hydrogen-bond donors (Lipinski definition) is 1. The minimum Gasteiger partial charge on any atom is -0.490 e. The van der Waals surface area contributed by atoms with Crippen molar-refractivity contribution < 1.29 is 27.4 Å². The van der Waals surface area contributed by atoms with E-state index in [1.54, 1.807) is 33.3 Å².